The number of sulfonamides is 1. The summed E-state index contributed by atoms with van der Waals surface area (Å²) in [7, 11) is -4.47. The Bertz CT molecular complexity index is 1600. The fraction of sp³-hybridized carbons (Fsp3) is 0.250. The number of halogens is 6. The van der Waals surface area contributed by atoms with Gasteiger partial charge in [0.15, 0.2) is 0 Å². The molecule has 0 fully saturated rings. The van der Waals surface area contributed by atoms with E-state index in [1.165, 1.54) is 42.5 Å². The van der Waals surface area contributed by atoms with Crippen LogP contribution in [0.2, 0.25) is 5.02 Å². The molecule has 0 aliphatic carbocycles. The molecular formula is C28H23ClF5NO5S. The molecule has 1 N–H and O–H groups in total. The van der Waals surface area contributed by atoms with Gasteiger partial charge >= 0.3 is 12.1 Å². The van der Waals surface area contributed by atoms with Crippen LogP contribution in [0.1, 0.15) is 42.0 Å². The third kappa shape index (κ3) is 6.82. The van der Waals surface area contributed by atoms with Crippen molar-refractivity contribution in [2.45, 2.75) is 42.9 Å². The Kier molecular flexibility index (Phi) is 8.38. The molecule has 13 heteroatoms. The summed E-state index contributed by atoms with van der Waals surface area (Å²) in [5.41, 5.74) is -1.47. The molecular weight excluding hydrogens is 593 g/mol. The van der Waals surface area contributed by atoms with Gasteiger partial charge in [-0.1, -0.05) is 48.0 Å². The Hall–Kier alpha value is -3.64. The minimum Gasteiger partial charge on any atom is -0.486 e. The number of carbonyl (C=O) groups is 1. The Morgan fingerprint density at radius 1 is 1.07 bits per heavy atom. The lowest BCUT2D eigenvalue weighted by Gasteiger charge is -2.35. The number of nitrogens with zero attached hydrogens (tertiary/aromatic N) is 1. The first kappa shape index (κ1) is 30.3. The summed E-state index contributed by atoms with van der Waals surface area (Å²) < 4.78 is 103. The highest BCUT2D eigenvalue weighted by Gasteiger charge is 2.36. The molecule has 3 aromatic carbocycles. The molecule has 6 nitrogen and oxygen atoms in total. The van der Waals surface area contributed by atoms with Gasteiger partial charge in [-0.05, 0) is 48.4 Å². The molecule has 4 rings (SSSR count). The third-order valence-corrected chi connectivity index (χ3v) is 8.43. The SMILES string of the molecule is CC(F)(F)c1cccc(S(=O)(=O)N2CC(CCC(=O)O)Oc3ccc(C=Cc4c(Cl)cccc4C(F)(F)F)cc32)c1. The summed E-state index contributed by atoms with van der Waals surface area (Å²) in [5, 5.41) is 8.94. The van der Waals surface area contributed by atoms with Crippen molar-refractivity contribution in [2.24, 2.45) is 0 Å². The second-order valence-corrected chi connectivity index (χ2v) is 11.7. The van der Waals surface area contributed by atoms with E-state index in [1.807, 2.05) is 0 Å². The minimum atomic E-state index is -4.67. The molecule has 0 bridgehead atoms. The summed E-state index contributed by atoms with van der Waals surface area (Å²) in [6.07, 6.45) is -3.43. The number of hydrogen-bond acceptors (Lipinski definition) is 4. The highest BCUT2D eigenvalue weighted by molar-refractivity contribution is 7.92. The van der Waals surface area contributed by atoms with Crippen LogP contribution in [0.4, 0.5) is 27.6 Å². The third-order valence-electron chi connectivity index (χ3n) is 6.32. The number of alkyl halides is 5. The standard InChI is InChI=1S/C28H23ClF5NO5S/c1-27(30,31)18-4-2-5-20(15-18)41(38,39)35-16-19(10-13-26(36)37)40-25-12-9-17(14-24(25)35)8-11-21-22(28(32,33)34)6-3-7-23(21)29/h2-9,11-12,14-15,19H,10,13,16H2,1H3,(H,36,37). The molecule has 0 saturated carbocycles. The molecule has 1 unspecified atom stereocenters. The first-order chi connectivity index (χ1) is 19.1. The molecule has 3 aromatic rings. The second-order valence-electron chi connectivity index (χ2n) is 9.38. The maximum atomic E-state index is 14.0. The summed E-state index contributed by atoms with van der Waals surface area (Å²) in [5.74, 6) is -4.37. The van der Waals surface area contributed by atoms with Crippen molar-refractivity contribution in [2.75, 3.05) is 10.8 Å². The van der Waals surface area contributed by atoms with Gasteiger partial charge in [-0.3, -0.25) is 9.10 Å². The Morgan fingerprint density at radius 3 is 2.44 bits per heavy atom. The molecule has 41 heavy (non-hydrogen) atoms. The molecule has 218 valence electrons. The lowest BCUT2D eigenvalue weighted by atomic mass is 10.0. The maximum Gasteiger partial charge on any atom is 0.417 e. The Labute approximate surface area is 237 Å². The van der Waals surface area contributed by atoms with E-state index < -0.39 is 50.2 Å². The molecule has 0 saturated heterocycles. The highest BCUT2D eigenvalue weighted by atomic mass is 35.5. The van der Waals surface area contributed by atoms with Crippen molar-refractivity contribution in [3.8, 4) is 5.75 Å². The van der Waals surface area contributed by atoms with Crippen molar-refractivity contribution in [3.05, 3.63) is 87.9 Å². The zero-order chi connectivity index (χ0) is 30.2. The van der Waals surface area contributed by atoms with Gasteiger partial charge in [-0.25, -0.2) is 17.2 Å². The predicted octanol–water partition coefficient (Wildman–Crippen LogP) is 7.46. The van der Waals surface area contributed by atoms with Gasteiger partial charge in [0.05, 0.1) is 22.7 Å². The number of carboxylic acid groups (broad SMARTS) is 1. The van der Waals surface area contributed by atoms with E-state index in [-0.39, 0.29) is 41.4 Å². The normalized spacial score (nSPS) is 16.0. The van der Waals surface area contributed by atoms with Crippen LogP contribution in [0.15, 0.2) is 65.6 Å². The Morgan fingerprint density at radius 2 is 1.78 bits per heavy atom. The van der Waals surface area contributed by atoms with E-state index in [9.17, 15) is 35.2 Å². The van der Waals surface area contributed by atoms with Crippen LogP contribution in [0.5, 0.6) is 5.75 Å². The van der Waals surface area contributed by atoms with Crippen molar-refractivity contribution < 1.29 is 45.0 Å². The van der Waals surface area contributed by atoms with E-state index in [4.69, 9.17) is 21.4 Å². The van der Waals surface area contributed by atoms with Crippen molar-refractivity contribution in [1.29, 1.82) is 0 Å². The fourth-order valence-electron chi connectivity index (χ4n) is 4.29. The molecule has 0 radical (unpaired) electrons. The largest absolute Gasteiger partial charge is 0.486 e. The van der Waals surface area contributed by atoms with E-state index in [1.54, 1.807) is 0 Å². The summed E-state index contributed by atoms with van der Waals surface area (Å²) in [4.78, 5) is 10.7. The van der Waals surface area contributed by atoms with Crippen LogP contribution in [0.25, 0.3) is 12.2 Å². The van der Waals surface area contributed by atoms with Crippen molar-refractivity contribution >= 4 is 45.4 Å². The highest BCUT2D eigenvalue weighted by Crippen LogP contribution is 2.40. The van der Waals surface area contributed by atoms with Crippen LogP contribution in [0, 0.1) is 0 Å². The monoisotopic (exact) mass is 615 g/mol. The summed E-state index contributed by atoms with van der Waals surface area (Å²) in [6, 6.07) is 11.9. The first-order valence-corrected chi connectivity index (χ1v) is 14.0. The second kappa shape index (κ2) is 11.3. The zero-order valence-corrected chi connectivity index (χ0v) is 22.9. The molecule has 1 aliphatic heterocycles. The number of fused-ring (bicyclic) bond motifs is 1. The van der Waals surface area contributed by atoms with Gasteiger partial charge in [0.2, 0.25) is 0 Å². The fourth-order valence-corrected chi connectivity index (χ4v) is 6.07. The van der Waals surface area contributed by atoms with Gasteiger partial charge in [0, 0.05) is 29.5 Å². The average molecular weight is 616 g/mol. The summed E-state index contributed by atoms with van der Waals surface area (Å²) in [6.45, 7) is 0.303. The zero-order valence-electron chi connectivity index (χ0n) is 21.3. The van der Waals surface area contributed by atoms with Crippen LogP contribution < -0.4 is 9.04 Å². The van der Waals surface area contributed by atoms with Crippen LogP contribution in [0.3, 0.4) is 0 Å². The molecule has 1 aliphatic rings. The van der Waals surface area contributed by atoms with Crippen molar-refractivity contribution in [3.63, 3.8) is 0 Å². The maximum absolute atomic E-state index is 14.0. The number of aliphatic carboxylic acids is 1. The van der Waals surface area contributed by atoms with E-state index in [0.29, 0.717) is 12.5 Å². The molecule has 1 atom stereocenters. The van der Waals surface area contributed by atoms with Gasteiger partial charge in [-0.15, -0.1) is 0 Å². The van der Waals surface area contributed by atoms with Crippen molar-refractivity contribution in [1.82, 2.24) is 0 Å². The smallest absolute Gasteiger partial charge is 0.417 e. The van der Waals surface area contributed by atoms with Crippen LogP contribution in [-0.4, -0.2) is 32.1 Å². The molecule has 0 amide bonds. The number of benzene rings is 3. The lowest BCUT2D eigenvalue weighted by Crippen LogP contribution is -2.43. The number of anilines is 1. The van der Waals surface area contributed by atoms with Gasteiger partial charge < -0.3 is 9.84 Å². The number of ether oxygens (including phenoxy) is 1. The topological polar surface area (TPSA) is 83.9 Å². The molecule has 1 heterocycles. The van der Waals surface area contributed by atoms with Gasteiger partial charge in [-0.2, -0.15) is 13.2 Å². The summed E-state index contributed by atoms with van der Waals surface area (Å²) >= 11 is 6.03. The Balaban J connectivity index is 1.78. The van der Waals surface area contributed by atoms with Crippen LogP contribution >= 0.6 is 11.6 Å². The number of rotatable bonds is 8. The minimum absolute atomic E-state index is 0.00240. The van der Waals surface area contributed by atoms with Gasteiger partial charge in [0.1, 0.15) is 11.9 Å². The van der Waals surface area contributed by atoms with E-state index in [0.717, 1.165) is 34.6 Å². The first-order valence-electron chi connectivity index (χ1n) is 12.1. The number of carboxylic acids is 1. The van der Waals surface area contributed by atoms with E-state index in [2.05, 4.69) is 0 Å². The number of hydrogen-bond donors (Lipinski definition) is 1. The molecule has 0 spiro atoms. The quantitative estimate of drug-likeness (QED) is 0.210. The van der Waals surface area contributed by atoms with Crippen LogP contribution in [-0.2, 0) is 26.9 Å². The lowest BCUT2D eigenvalue weighted by molar-refractivity contribution is -0.138. The van der Waals surface area contributed by atoms with Gasteiger partial charge in [0.25, 0.3) is 15.9 Å². The van der Waals surface area contributed by atoms with E-state index >= 15 is 0 Å². The average Bonchev–Trinajstić information content (AvgIpc) is 2.89. The molecule has 0 aromatic heterocycles. The predicted molar refractivity (Wildman–Crippen MR) is 144 cm³/mol.